The highest BCUT2D eigenvalue weighted by molar-refractivity contribution is 7.80. The normalized spacial score (nSPS) is 11.7. The van der Waals surface area contributed by atoms with Crippen molar-refractivity contribution >= 4 is 34.1 Å². The molecule has 0 aliphatic carbocycles. The Hall–Kier alpha value is -2.18. The summed E-state index contributed by atoms with van der Waals surface area (Å²) in [6.07, 6.45) is -0.693. The lowest BCUT2D eigenvalue weighted by molar-refractivity contribution is -0.141. The van der Waals surface area contributed by atoms with Crippen LogP contribution in [0.1, 0.15) is 18.6 Å². The first-order chi connectivity index (χ1) is 11.1. The number of aliphatic hydroxyl groups excluding tert-OH is 1. The number of carbonyl (C=O) groups is 1. The molecule has 0 aliphatic rings. The van der Waals surface area contributed by atoms with Gasteiger partial charge in [-0.15, -0.1) is 0 Å². The van der Waals surface area contributed by atoms with Crippen molar-refractivity contribution in [1.29, 1.82) is 0 Å². The molecule has 0 aliphatic heterocycles. The SMILES string of the molecule is CCOC(=O)CNC(=S)NC[C@H](O)c1ccc2ccccc2c1. The number of aliphatic hydroxyl groups is 1. The molecule has 2 aromatic carbocycles. The zero-order valence-corrected chi connectivity index (χ0v) is 13.7. The van der Waals surface area contributed by atoms with Gasteiger partial charge in [0.1, 0.15) is 6.54 Å². The molecule has 23 heavy (non-hydrogen) atoms. The molecule has 2 aromatic rings. The van der Waals surface area contributed by atoms with E-state index in [9.17, 15) is 9.90 Å². The van der Waals surface area contributed by atoms with Gasteiger partial charge in [0, 0.05) is 6.54 Å². The average Bonchev–Trinajstić information content (AvgIpc) is 2.57. The predicted molar refractivity (Wildman–Crippen MR) is 94.1 cm³/mol. The maximum atomic E-state index is 11.2. The van der Waals surface area contributed by atoms with Crippen molar-refractivity contribution < 1.29 is 14.6 Å². The number of hydrogen-bond donors (Lipinski definition) is 3. The van der Waals surface area contributed by atoms with E-state index in [1.165, 1.54) is 0 Å². The highest BCUT2D eigenvalue weighted by atomic mass is 32.1. The van der Waals surface area contributed by atoms with Gasteiger partial charge in [-0.2, -0.15) is 0 Å². The monoisotopic (exact) mass is 332 g/mol. The lowest BCUT2D eigenvalue weighted by atomic mass is 10.0. The zero-order valence-electron chi connectivity index (χ0n) is 12.9. The number of esters is 1. The largest absolute Gasteiger partial charge is 0.465 e. The number of rotatable bonds is 6. The third-order valence-electron chi connectivity index (χ3n) is 3.31. The lowest BCUT2D eigenvalue weighted by Crippen LogP contribution is -2.40. The summed E-state index contributed by atoms with van der Waals surface area (Å²) in [5.74, 6) is -0.369. The van der Waals surface area contributed by atoms with Crippen molar-refractivity contribution in [3.05, 3.63) is 48.0 Å². The fourth-order valence-corrected chi connectivity index (χ4v) is 2.30. The predicted octanol–water partition coefficient (Wildman–Crippen LogP) is 1.90. The van der Waals surface area contributed by atoms with Crippen LogP contribution in [0.4, 0.5) is 0 Å². The molecular weight excluding hydrogens is 312 g/mol. The van der Waals surface area contributed by atoms with Crippen LogP contribution in [0.15, 0.2) is 42.5 Å². The third-order valence-corrected chi connectivity index (χ3v) is 3.60. The van der Waals surface area contributed by atoms with Crippen LogP contribution in [0, 0.1) is 0 Å². The second kappa shape index (κ2) is 8.45. The van der Waals surface area contributed by atoms with Crippen molar-refractivity contribution in [3.8, 4) is 0 Å². The van der Waals surface area contributed by atoms with Crippen LogP contribution >= 0.6 is 12.2 Å². The van der Waals surface area contributed by atoms with Crippen LogP contribution in [0.25, 0.3) is 10.8 Å². The van der Waals surface area contributed by atoms with E-state index in [2.05, 4.69) is 10.6 Å². The van der Waals surface area contributed by atoms with Crippen LogP contribution in [-0.4, -0.2) is 35.9 Å². The van der Waals surface area contributed by atoms with Gasteiger partial charge < -0.3 is 20.5 Å². The number of hydrogen-bond acceptors (Lipinski definition) is 4. The Morgan fingerprint density at radius 2 is 1.96 bits per heavy atom. The second-order valence-electron chi connectivity index (χ2n) is 4.99. The van der Waals surface area contributed by atoms with Gasteiger partial charge >= 0.3 is 5.97 Å². The summed E-state index contributed by atoms with van der Waals surface area (Å²) in [4.78, 5) is 11.2. The molecule has 0 fully saturated rings. The maximum absolute atomic E-state index is 11.2. The number of thiocarbonyl (C=S) groups is 1. The van der Waals surface area contributed by atoms with Crippen molar-refractivity contribution in [1.82, 2.24) is 10.6 Å². The van der Waals surface area contributed by atoms with E-state index in [-0.39, 0.29) is 19.1 Å². The number of fused-ring (bicyclic) bond motifs is 1. The summed E-state index contributed by atoms with van der Waals surface area (Å²) >= 11 is 5.06. The van der Waals surface area contributed by atoms with Gasteiger partial charge in [0.15, 0.2) is 5.11 Å². The van der Waals surface area contributed by atoms with Gasteiger partial charge in [0.25, 0.3) is 0 Å². The molecule has 0 aromatic heterocycles. The highest BCUT2D eigenvalue weighted by Crippen LogP contribution is 2.19. The number of benzene rings is 2. The zero-order chi connectivity index (χ0) is 16.7. The van der Waals surface area contributed by atoms with Crippen LogP contribution in [0.2, 0.25) is 0 Å². The van der Waals surface area contributed by atoms with Crippen LogP contribution in [0.3, 0.4) is 0 Å². The lowest BCUT2D eigenvalue weighted by Gasteiger charge is -2.15. The van der Waals surface area contributed by atoms with Crippen LogP contribution in [0.5, 0.6) is 0 Å². The molecule has 6 heteroatoms. The van der Waals surface area contributed by atoms with Crippen molar-refractivity contribution in [2.24, 2.45) is 0 Å². The summed E-state index contributed by atoms with van der Waals surface area (Å²) in [5, 5.41) is 18.4. The van der Waals surface area contributed by atoms with Crippen LogP contribution < -0.4 is 10.6 Å². The van der Waals surface area contributed by atoms with E-state index >= 15 is 0 Å². The van der Waals surface area contributed by atoms with Crippen LogP contribution in [-0.2, 0) is 9.53 Å². The molecule has 0 radical (unpaired) electrons. The van der Waals surface area contributed by atoms with Gasteiger partial charge in [-0.05, 0) is 41.5 Å². The fraction of sp³-hybridized carbons (Fsp3) is 0.294. The summed E-state index contributed by atoms with van der Waals surface area (Å²) in [6.45, 7) is 2.34. The minimum Gasteiger partial charge on any atom is -0.465 e. The molecule has 5 nitrogen and oxygen atoms in total. The Morgan fingerprint density at radius 1 is 1.22 bits per heavy atom. The first kappa shape index (κ1) is 17.2. The number of nitrogens with one attached hydrogen (secondary N) is 2. The highest BCUT2D eigenvalue weighted by Gasteiger charge is 2.09. The molecule has 1 atom stereocenters. The van der Waals surface area contributed by atoms with E-state index in [0.717, 1.165) is 16.3 Å². The smallest absolute Gasteiger partial charge is 0.325 e. The summed E-state index contributed by atoms with van der Waals surface area (Å²) in [5.41, 5.74) is 0.810. The van der Waals surface area contributed by atoms with Gasteiger partial charge in [-0.3, -0.25) is 4.79 Å². The van der Waals surface area contributed by atoms with Gasteiger partial charge in [0.05, 0.1) is 12.7 Å². The molecule has 0 saturated heterocycles. The fourth-order valence-electron chi connectivity index (χ4n) is 2.15. The molecular formula is C17H20N2O3S. The minimum atomic E-state index is -0.693. The summed E-state index contributed by atoms with van der Waals surface area (Å²) in [6, 6.07) is 13.8. The molecule has 0 spiro atoms. The van der Waals surface area contributed by atoms with Gasteiger partial charge in [-0.1, -0.05) is 36.4 Å². The Bertz CT molecular complexity index is 690. The van der Waals surface area contributed by atoms with E-state index < -0.39 is 6.10 Å². The van der Waals surface area contributed by atoms with E-state index in [0.29, 0.717) is 11.7 Å². The molecule has 0 saturated carbocycles. The van der Waals surface area contributed by atoms with Crippen molar-refractivity contribution in [2.75, 3.05) is 19.7 Å². The molecule has 3 N–H and O–H groups in total. The van der Waals surface area contributed by atoms with Gasteiger partial charge in [0.2, 0.25) is 0 Å². The number of ether oxygens (including phenoxy) is 1. The molecule has 0 unspecified atom stereocenters. The average molecular weight is 332 g/mol. The van der Waals surface area contributed by atoms with Gasteiger partial charge in [-0.25, -0.2) is 0 Å². The summed E-state index contributed by atoms with van der Waals surface area (Å²) < 4.78 is 4.79. The molecule has 0 bridgehead atoms. The first-order valence-corrected chi connectivity index (χ1v) is 7.85. The third kappa shape index (κ3) is 5.19. The standard InChI is InChI=1S/C17H20N2O3S/c1-2-22-16(21)11-19-17(23)18-10-15(20)14-8-7-12-5-3-4-6-13(12)9-14/h3-9,15,20H,2,10-11H2,1H3,(H2,18,19,23)/t15-/m0/s1. The van der Waals surface area contributed by atoms with E-state index in [4.69, 9.17) is 17.0 Å². The summed E-state index contributed by atoms with van der Waals surface area (Å²) in [7, 11) is 0. The minimum absolute atomic E-state index is 0.00570. The van der Waals surface area contributed by atoms with Crippen molar-refractivity contribution in [3.63, 3.8) is 0 Å². The topological polar surface area (TPSA) is 70.6 Å². The maximum Gasteiger partial charge on any atom is 0.325 e. The molecule has 0 heterocycles. The molecule has 2 rings (SSSR count). The van der Waals surface area contributed by atoms with E-state index in [1.54, 1.807) is 6.92 Å². The first-order valence-electron chi connectivity index (χ1n) is 7.44. The molecule has 0 amide bonds. The van der Waals surface area contributed by atoms with Crippen molar-refractivity contribution in [2.45, 2.75) is 13.0 Å². The Balaban J connectivity index is 1.84. The molecule has 122 valence electrons. The Labute approximate surface area is 140 Å². The van der Waals surface area contributed by atoms with E-state index in [1.807, 2.05) is 42.5 Å². The Kier molecular flexibility index (Phi) is 6.31. The number of carbonyl (C=O) groups excluding carboxylic acids is 1. The second-order valence-corrected chi connectivity index (χ2v) is 5.40. The quantitative estimate of drug-likeness (QED) is 0.554. The Morgan fingerprint density at radius 3 is 2.70 bits per heavy atom.